The van der Waals surface area contributed by atoms with Gasteiger partial charge < -0.3 is 5.73 Å². The summed E-state index contributed by atoms with van der Waals surface area (Å²) in [6.07, 6.45) is 1.65. The lowest BCUT2D eigenvalue weighted by Crippen LogP contribution is -2.16. The summed E-state index contributed by atoms with van der Waals surface area (Å²) >= 11 is 0. The Labute approximate surface area is 177 Å². The lowest BCUT2D eigenvalue weighted by molar-refractivity contribution is 0.0994. The minimum absolute atomic E-state index is 0.258. The number of hydrogen-bond acceptors (Lipinski definition) is 3. The SMILES string of the molecule is C[C@H]1N=C(c2ccccc2)c2cc(C#C[Si](C)(C)C)ccc2-n2cnc(C(N)=O)c21. The molecule has 0 bridgehead atoms. The standard InChI is InChI=1S/C24H24N4OSi/c1-16-23-22(24(25)29)26-15-28(23)20-11-10-17(12-13-30(2,3)4)14-19(20)21(27-16)18-8-6-5-7-9-18/h5-11,14-16H,1-4H3,(H2,25,29)/t16-/m1/s1. The second-order valence-electron chi connectivity index (χ2n) is 8.46. The van der Waals surface area contributed by atoms with Gasteiger partial charge in [0.2, 0.25) is 0 Å². The van der Waals surface area contributed by atoms with E-state index in [1.165, 1.54) is 0 Å². The third-order valence-corrected chi connectivity index (χ3v) is 5.77. The average Bonchev–Trinajstić information content (AvgIpc) is 3.11. The van der Waals surface area contributed by atoms with E-state index in [0.29, 0.717) is 5.69 Å². The molecule has 4 rings (SSSR count). The molecule has 1 amide bonds. The molecule has 0 fully saturated rings. The molecule has 0 saturated heterocycles. The number of benzene rings is 2. The number of nitrogens with zero attached hydrogens (tertiary/aromatic N) is 3. The van der Waals surface area contributed by atoms with Crippen molar-refractivity contribution in [3.8, 4) is 17.2 Å². The number of fused-ring (bicyclic) bond motifs is 3. The number of primary amides is 1. The predicted molar refractivity (Wildman–Crippen MR) is 123 cm³/mol. The van der Waals surface area contributed by atoms with E-state index >= 15 is 0 Å². The van der Waals surface area contributed by atoms with E-state index < -0.39 is 14.0 Å². The van der Waals surface area contributed by atoms with Crippen LogP contribution in [0.5, 0.6) is 0 Å². The van der Waals surface area contributed by atoms with Crippen molar-refractivity contribution in [1.82, 2.24) is 9.55 Å². The number of aliphatic imine (C=N–C) groups is 1. The highest BCUT2D eigenvalue weighted by Crippen LogP contribution is 2.32. The van der Waals surface area contributed by atoms with E-state index in [1.807, 2.05) is 54.0 Å². The Kier molecular flexibility index (Phi) is 4.92. The number of imidazole rings is 1. The Morgan fingerprint density at radius 1 is 1.13 bits per heavy atom. The molecule has 1 aliphatic heterocycles. The summed E-state index contributed by atoms with van der Waals surface area (Å²) in [6, 6.07) is 15.9. The van der Waals surface area contributed by atoms with Crippen molar-refractivity contribution in [1.29, 1.82) is 0 Å². The van der Waals surface area contributed by atoms with Crippen LogP contribution in [0.1, 0.15) is 45.8 Å². The number of nitrogens with two attached hydrogens (primary N) is 1. The van der Waals surface area contributed by atoms with Gasteiger partial charge >= 0.3 is 0 Å². The molecule has 150 valence electrons. The Hall–Kier alpha value is -3.43. The number of carbonyl (C=O) groups excluding carboxylic acids is 1. The molecule has 2 N–H and O–H groups in total. The first-order valence-corrected chi connectivity index (χ1v) is 13.4. The van der Waals surface area contributed by atoms with Gasteiger partial charge in [0.25, 0.3) is 5.91 Å². The summed E-state index contributed by atoms with van der Waals surface area (Å²) in [6.45, 7) is 8.64. The maximum absolute atomic E-state index is 12.0. The maximum atomic E-state index is 12.0. The molecule has 1 aromatic heterocycles. The van der Waals surface area contributed by atoms with Crippen LogP contribution in [0, 0.1) is 11.5 Å². The molecule has 5 nitrogen and oxygen atoms in total. The molecule has 0 radical (unpaired) electrons. The molecule has 2 aromatic carbocycles. The number of carbonyl (C=O) groups is 1. The highest BCUT2D eigenvalue weighted by Gasteiger charge is 2.27. The van der Waals surface area contributed by atoms with Crippen LogP contribution < -0.4 is 5.73 Å². The Balaban J connectivity index is 1.99. The second-order valence-corrected chi connectivity index (χ2v) is 13.2. The molecule has 0 aliphatic carbocycles. The summed E-state index contributed by atoms with van der Waals surface area (Å²) in [5, 5.41) is 0. The highest BCUT2D eigenvalue weighted by molar-refractivity contribution is 6.83. The quantitative estimate of drug-likeness (QED) is 0.508. The minimum atomic E-state index is -1.50. The summed E-state index contributed by atoms with van der Waals surface area (Å²) in [5.74, 6) is 2.80. The Morgan fingerprint density at radius 2 is 1.87 bits per heavy atom. The van der Waals surface area contributed by atoms with Crippen LogP contribution in [0.25, 0.3) is 5.69 Å². The summed E-state index contributed by atoms with van der Waals surface area (Å²) < 4.78 is 1.93. The van der Waals surface area contributed by atoms with Gasteiger partial charge in [-0.3, -0.25) is 14.4 Å². The lowest BCUT2D eigenvalue weighted by atomic mass is 9.98. The van der Waals surface area contributed by atoms with E-state index in [9.17, 15) is 4.79 Å². The molecule has 1 aliphatic rings. The largest absolute Gasteiger partial charge is 0.364 e. The molecule has 0 unspecified atom stereocenters. The normalized spacial score (nSPS) is 15.2. The van der Waals surface area contributed by atoms with Gasteiger partial charge in [0.05, 0.1) is 23.1 Å². The number of hydrogen-bond donors (Lipinski definition) is 1. The van der Waals surface area contributed by atoms with E-state index in [1.54, 1.807) is 6.33 Å². The van der Waals surface area contributed by atoms with Crippen LogP contribution in [0.2, 0.25) is 19.6 Å². The molecule has 30 heavy (non-hydrogen) atoms. The molecule has 0 saturated carbocycles. The molecule has 0 spiro atoms. The van der Waals surface area contributed by atoms with E-state index in [2.05, 4.69) is 42.2 Å². The van der Waals surface area contributed by atoms with Crippen LogP contribution >= 0.6 is 0 Å². The van der Waals surface area contributed by atoms with Crippen molar-refractivity contribution in [3.63, 3.8) is 0 Å². The predicted octanol–water partition coefficient (Wildman–Crippen LogP) is 4.11. The zero-order chi connectivity index (χ0) is 21.5. The molecule has 6 heteroatoms. The van der Waals surface area contributed by atoms with Crippen molar-refractivity contribution in [2.45, 2.75) is 32.6 Å². The van der Waals surface area contributed by atoms with Gasteiger partial charge in [-0.25, -0.2) is 4.98 Å². The van der Waals surface area contributed by atoms with Gasteiger partial charge in [0.1, 0.15) is 14.4 Å². The average molecular weight is 413 g/mol. The summed E-state index contributed by atoms with van der Waals surface area (Å²) in [5.41, 5.74) is 14.7. The first kappa shape index (κ1) is 19.9. The number of amides is 1. The highest BCUT2D eigenvalue weighted by atomic mass is 28.3. The van der Waals surface area contributed by atoms with Crippen molar-refractivity contribution in [3.05, 3.63) is 82.9 Å². The first-order chi connectivity index (χ1) is 14.2. The van der Waals surface area contributed by atoms with Crippen LogP contribution in [-0.4, -0.2) is 29.2 Å². The van der Waals surface area contributed by atoms with Gasteiger partial charge in [-0.2, -0.15) is 0 Å². The molecule has 2 heterocycles. The molecule has 1 atom stereocenters. The molecule has 3 aromatic rings. The fourth-order valence-corrected chi connectivity index (χ4v) is 4.08. The van der Waals surface area contributed by atoms with Crippen molar-refractivity contribution < 1.29 is 4.79 Å². The van der Waals surface area contributed by atoms with Crippen LogP contribution in [0.15, 0.2) is 59.9 Å². The third-order valence-electron chi connectivity index (χ3n) is 4.90. The summed E-state index contributed by atoms with van der Waals surface area (Å²) in [7, 11) is -1.50. The monoisotopic (exact) mass is 412 g/mol. The van der Waals surface area contributed by atoms with Crippen molar-refractivity contribution in [2.24, 2.45) is 10.7 Å². The zero-order valence-electron chi connectivity index (χ0n) is 17.6. The van der Waals surface area contributed by atoms with Gasteiger partial charge in [-0.15, -0.1) is 5.54 Å². The van der Waals surface area contributed by atoms with Gasteiger partial charge in [0, 0.05) is 16.7 Å². The van der Waals surface area contributed by atoms with Gasteiger partial charge in [0.15, 0.2) is 5.69 Å². The Morgan fingerprint density at radius 3 is 2.53 bits per heavy atom. The maximum Gasteiger partial charge on any atom is 0.269 e. The van der Waals surface area contributed by atoms with E-state index in [0.717, 1.165) is 28.1 Å². The van der Waals surface area contributed by atoms with Crippen molar-refractivity contribution in [2.75, 3.05) is 0 Å². The zero-order valence-corrected chi connectivity index (χ0v) is 18.6. The second kappa shape index (κ2) is 7.43. The number of rotatable bonds is 2. The topological polar surface area (TPSA) is 73.3 Å². The van der Waals surface area contributed by atoms with Crippen LogP contribution in [-0.2, 0) is 0 Å². The Bertz CT molecular complexity index is 1220. The fourth-order valence-electron chi connectivity index (χ4n) is 3.56. The van der Waals surface area contributed by atoms with Gasteiger partial charge in [-0.1, -0.05) is 55.9 Å². The number of aromatic nitrogens is 2. The fraction of sp³-hybridized carbons (Fsp3) is 0.208. The van der Waals surface area contributed by atoms with Crippen LogP contribution in [0.4, 0.5) is 0 Å². The van der Waals surface area contributed by atoms with Crippen LogP contribution in [0.3, 0.4) is 0 Å². The third kappa shape index (κ3) is 3.72. The summed E-state index contributed by atoms with van der Waals surface area (Å²) in [4.78, 5) is 21.2. The van der Waals surface area contributed by atoms with E-state index in [-0.39, 0.29) is 11.7 Å². The van der Waals surface area contributed by atoms with E-state index in [4.69, 9.17) is 10.7 Å². The van der Waals surface area contributed by atoms with Gasteiger partial charge in [-0.05, 0) is 25.1 Å². The first-order valence-electron chi connectivity index (χ1n) is 9.93. The van der Waals surface area contributed by atoms with Crippen molar-refractivity contribution >= 4 is 19.7 Å². The lowest BCUT2D eigenvalue weighted by Gasteiger charge is -2.12. The smallest absolute Gasteiger partial charge is 0.269 e. The molecular weight excluding hydrogens is 388 g/mol. The minimum Gasteiger partial charge on any atom is -0.364 e. The molecular formula is C24H24N4OSi.